The van der Waals surface area contributed by atoms with E-state index >= 15 is 0 Å². The van der Waals surface area contributed by atoms with E-state index in [1.807, 2.05) is 6.08 Å². The fraction of sp³-hybridized carbons (Fsp3) is 0.500. The second-order valence-electron chi connectivity index (χ2n) is 3.89. The van der Waals surface area contributed by atoms with Gasteiger partial charge in [0.05, 0.1) is 0 Å². The van der Waals surface area contributed by atoms with Crippen LogP contribution in [0.25, 0.3) is 0 Å². The van der Waals surface area contributed by atoms with Crippen molar-refractivity contribution in [2.24, 2.45) is 0 Å². The summed E-state index contributed by atoms with van der Waals surface area (Å²) in [6.45, 7) is 5.87. The molecule has 0 spiro atoms. The molecule has 0 heteroatoms. The largest absolute Gasteiger partial charge is 0.103 e. The molecule has 0 aromatic rings. The summed E-state index contributed by atoms with van der Waals surface area (Å²) in [5.41, 5.74) is 0. The maximum atomic E-state index is 3.72. The Bertz CT molecular complexity index is 218. The van der Waals surface area contributed by atoms with Crippen molar-refractivity contribution in [2.75, 3.05) is 0 Å². The summed E-state index contributed by atoms with van der Waals surface area (Å²) in [6.07, 6.45) is 23.6. The van der Waals surface area contributed by atoms with E-state index in [0.717, 1.165) is 25.7 Å². The number of unbranched alkanes of at least 4 members (excludes halogenated alkanes) is 4. The number of hydrogen-bond acceptors (Lipinski definition) is 0. The molecule has 90 valence electrons. The quantitative estimate of drug-likeness (QED) is 0.255. The van der Waals surface area contributed by atoms with Gasteiger partial charge in [0.1, 0.15) is 0 Å². The maximum absolute atomic E-state index is 3.72. The molecule has 0 N–H and O–H groups in total. The number of allylic oxidation sites excluding steroid dienone is 7. The summed E-state index contributed by atoms with van der Waals surface area (Å²) >= 11 is 0. The van der Waals surface area contributed by atoms with Gasteiger partial charge in [-0.3, -0.25) is 0 Å². The second kappa shape index (κ2) is 14.0. The van der Waals surface area contributed by atoms with E-state index in [1.54, 1.807) is 0 Å². The van der Waals surface area contributed by atoms with Gasteiger partial charge in [0.25, 0.3) is 0 Å². The highest BCUT2D eigenvalue weighted by atomic mass is 13.9. The van der Waals surface area contributed by atoms with Crippen molar-refractivity contribution < 1.29 is 0 Å². The lowest BCUT2D eigenvalue weighted by molar-refractivity contribution is 0.761. The van der Waals surface area contributed by atoms with Crippen molar-refractivity contribution in [3.63, 3.8) is 0 Å². The molecule has 0 aliphatic carbocycles. The topological polar surface area (TPSA) is 0 Å². The molecule has 0 nitrogen and oxygen atoms in total. The van der Waals surface area contributed by atoms with Gasteiger partial charge >= 0.3 is 0 Å². The van der Waals surface area contributed by atoms with Crippen molar-refractivity contribution >= 4 is 0 Å². The molecule has 0 amide bonds. The van der Waals surface area contributed by atoms with E-state index in [9.17, 15) is 0 Å². The molecule has 0 radical (unpaired) electrons. The summed E-state index contributed by atoms with van der Waals surface area (Å²) in [6, 6.07) is 0. The lowest BCUT2D eigenvalue weighted by atomic mass is 10.1. The Hall–Kier alpha value is -1.04. The van der Waals surface area contributed by atoms with E-state index in [4.69, 9.17) is 0 Å². The van der Waals surface area contributed by atoms with Gasteiger partial charge in [0.2, 0.25) is 0 Å². The normalized spacial score (nSPS) is 12.1. The van der Waals surface area contributed by atoms with Crippen LogP contribution < -0.4 is 0 Å². The molecule has 0 atom stereocenters. The lowest BCUT2D eigenvalue weighted by Crippen LogP contribution is -1.72. The summed E-state index contributed by atoms with van der Waals surface area (Å²) in [5, 5.41) is 0. The van der Waals surface area contributed by atoms with E-state index in [1.165, 1.54) is 19.3 Å². The first kappa shape index (κ1) is 15.0. The smallest absolute Gasteiger partial charge is 0.0313 e. The van der Waals surface area contributed by atoms with Crippen LogP contribution in [0.15, 0.2) is 49.1 Å². The van der Waals surface area contributed by atoms with Gasteiger partial charge in [-0.25, -0.2) is 0 Å². The predicted molar refractivity (Wildman–Crippen MR) is 75.6 cm³/mol. The van der Waals surface area contributed by atoms with Crippen molar-refractivity contribution in [1.29, 1.82) is 0 Å². The minimum atomic E-state index is 1.12. The van der Waals surface area contributed by atoms with Crippen LogP contribution in [-0.2, 0) is 0 Å². The zero-order valence-electron chi connectivity index (χ0n) is 10.7. The molecule has 0 aromatic carbocycles. The molecule has 0 rings (SSSR count). The highest BCUT2D eigenvalue weighted by molar-refractivity contribution is 5.02. The first-order chi connectivity index (χ1) is 7.91. The second-order valence-corrected chi connectivity index (χ2v) is 3.89. The SMILES string of the molecule is C=CCCCC/C=C\CC/C=C\C=C\CC. The van der Waals surface area contributed by atoms with Crippen molar-refractivity contribution in [2.45, 2.75) is 51.9 Å². The predicted octanol–water partition coefficient (Wildman–Crippen LogP) is 5.59. The van der Waals surface area contributed by atoms with Gasteiger partial charge < -0.3 is 0 Å². The van der Waals surface area contributed by atoms with Crippen LogP contribution in [0.4, 0.5) is 0 Å². The molecule has 0 heterocycles. The molecule has 0 aliphatic heterocycles. The standard InChI is InChI=1S/C16H26/c1-3-5-7-9-11-13-15-16-14-12-10-8-6-4-2/h3,6,8,10,12-13,15H,1,4-5,7,9,11,14,16H2,2H3/b8-6+,12-10-,15-13-. The summed E-state index contributed by atoms with van der Waals surface area (Å²) < 4.78 is 0. The maximum Gasteiger partial charge on any atom is -0.0313 e. The summed E-state index contributed by atoms with van der Waals surface area (Å²) in [5.74, 6) is 0. The van der Waals surface area contributed by atoms with Crippen LogP contribution >= 0.6 is 0 Å². The van der Waals surface area contributed by atoms with Crippen molar-refractivity contribution in [3.8, 4) is 0 Å². The molecule has 0 fully saturated rings. The van der Waals surface area contributed by atoms with Gasteiger partial charge in [-0.15, -0.1) is 6.58 Å². The highest BCUT2D eigenvalue weighted by Gasteiger charge is 1.82. The molecule has 16 heavy (non-hydrogen) atoms. The molecule has 0 saturated heterocycles. The zero-order chi connectivity index (χ0) is 11.9. The summed E-state index contributed by atoms with van der Waals surface area (Å²) in [7, 11) is 0. The Morgan fingerprint density at radius 3 is 2.12 bits per heavy atom. The lowest BCUT2D eigenvalue weighted by Gasteiger charge is -1.92. The molecule has 0 bridgehead atoms. The van der Waals surface area contributed by atoms with Gasteiger partial charge in [-0.05, 0) is 44.9 Å². The van der Waals surface area contributed by atoms with Gasteiger partial charge in [0.15, 0.2) is 0 Å². The minimum Gasteiger partial charge on any atom is -0.103 e. The Morgan fingerprint density at radius 1 is 0.750 bits per heavy atom. The fourth-order valence-corrected chi connectivity index (χ4v) is 1.37. The van der Waals surface area contributed by atoms with Crippen LogP contribution in [0.3, 0.4) is 0 Å². The average molecular weight is 218 g/mol. The van der Waals surface area contributed by atoms with Crippen LogP contribution in [0.1, 0.15) is 51.9 Å². The average Bonchev–Trinajstić information content (AvgIpc) is 2.31. The Kier molecular flexibility index (Phi) is 13.1. The molecule has 0 aromatic heterocycles. The Labute approximate surface area is 101 Å². The first-order valence-electron chi connectivity index (χ1n) is 6.49. The van der Waals surface area contributed by atoms with E-state index < -0.39 is 0 Å². The van der Waals surface area contributed by atoms with E-state index in [0.29, 0.717) is 0 Å². The molecule has 0 aliphatic rings. The molecular weight excluding hydrogens is 192 g/mol. The van der Waals surface area contributed by atoms with Crippen LogP contribution in [0.2, 0.25) is 0 Å². The third kappa shape index (κ3) is 13.0. The number of rotatable bonds is 10. The van der Waals surface area contributed by atoms with E-state index in [2.05, 4.69) is 50.0 Å². The van der Waals surface area contributed by atoms with Gasteiger partial charge in [0, 0.05) is 0 Å². The zero-order valence-corrected chi connectivity index (χ0v) is 10.7. The van der Waals surface area contributed by atoms with Crippen molar-refractivity contribution in [1.82, 2.24) is 0 Å². The third-order valence-electron chi connectivity index (χ3n) is 2.31. The molecular formula is C16H26. The third-order valence-corrected chi connectivity index (χ3v) is 2.31. The van der Waals surface area contributed by atoms with Gasteiger partial charge in [-0.1, -0.05) is 49.5 Å². The van der Waals surface area contributed by atoms with E-state index in [-0.39, 0.29) is 0 Å². The molecule has 0 unspecified atom stereocenters. The van der Waals surface area contributed by atoms with Crippen LogP contribution in [0, 0.1) is 0 Å². The fourth-order valence-electron chi connectivity index (χ4n) is 1.37. The van der Waals surface area contributed by atoms with Crippen LogP contribution in [-0.4, -0.2) is 0 Å². The number of hydrogen-bond donors (Lipinski definition) is 0. The monoisotopic (exact) mass is 218 g/mol. The summed E-state index contributed by atoms with van der Waals surface area (Å²) in [4.78, 5) is 0. The first-order valence-corrected chi connectivity index (χ1v) is 6.49. The minimum absolute atomic E-state index is 1.12. The van der Waals surface area contributed by atoms with Gasteiger partial charge in [-0.2, -0.15) is 0 Å². The van der Waals surface area contributed by atoms with Crippen molar-refractivity contribution in [3.05, 3.63) is 49.1 Å². The molecule has 0 saturated carbocycles. The Balaban J connectivity index is 3.24. The Morgan fingerprint density at radius 2 is 1.38 bits per heavy atom. The van der Waals surface area contributed by atoms with Crippen LogP contribution in [0.5, 0.6) is 0 Å². The highest BCUT2D eigenvalue weighted by Crippen LogP contribution is 2.02.